The molecule has 2 rings (SSSR count). The third-order valence-corrected chi connectivity index (χ3v) is 4.25. The SMILES string of the molecule is COc1ccc(S(=O)(=O)N/N=C/C2CN(C(=O)O)C2)cc1. The van der Waals surface area contributed by atoms with Crippen LogP contribution >= 0.6 is 0 Å². The summed E-state index contributed by atoms with van der Waals surface area (Å²) in [6.45, 7) is 0.645. The van der Waals surface area contributed by atoms with E-state index in [0.717, 1.165) is 0 Å². The number of ether oxygens (including phenoxy) is 1. The first-order valence-electron chi connectivity index (χ1n) is 6.09. The number of rotatable bonds is 5. The Bertz CT molecular complexity index is 635. The summed E-state index contributed by atoms with van der Waals surface area (Å²) < 4.78 is 28.8. The van der Waals surface area contributed by atoms with Gasteiger partial charge < -0.3 is 14.7 Å². The van der Waals surface area contributed by atoms with Crippen LogP contribution in [0.4, 0.5) is 4.79 Å². The lowest BCUT2D eigenvalue weighted by molar-refractivity contribution is 0.104. The number of hydrogen-bond donors (Lipinski definition) is 2. The van der Waals surface area contributed by atoms with Gasteiger partial charge in [0.05, 0.1) is 12.0 Å². The largest absolute Gasteiger partial charge is 0.497 e. The van der Waals surface area contributed by atoms with Gasteiger partial charge in [-0.05, 0) is 24.3 Å². The quantitative estimate of drug-likeness (QED) is 0.610. The number of nitrogens with zero attached hydrogens (tertiary/aromatic N) is 2. The molecule has 1 aromatic carbocycles. The van der Waals surface area contributed by atoms with E-state index >= 15 is 0 Å². The van der Waals surface area contributed by atoms with E-state index in [2.05, 4.69) is 9.93 Å². The summed E-state index contributed by atoms with van der Waals surface area (Å²) in [5.74, 6) is 0.486. The van der Waals surface area contributed by atoms with Crippen LogP contribution in [0.3, 0.4) is 0 Å². The van der Waals surface area contributed by atoms with Crippen LogP contribution in [0, 0.1) is 5.92 Å². The summed E-state index contributed by atoms with van der Waals surface area (Å²) in [7, 11) is -2.24. The molecule has 0 aliphatic carbocycles. The zero-order valence-electron chi connectivity index (χ0n) is 11.3. The van der Waals surface area contributed by atoms with Gasteiger partial charge in [-0.2, -0.15) is 13.5 Å². The maximum absolute atomic E-state index is 11.9. The molecule has 0 saturated carbocycles. The number of benzene rings is 1. The van der Waals surface area contributed by atoms with Crippen molar-refractivity contribution in [3.63, 3.8) is 0 Å². The third kappa shape index (κ3) is 3.63. The van der Waals surface area contributed by atoms with Crippen molar-refractivity contribution in [2.75, 3.05) is 20.2 Å². The molecule has 0 spiro atoms. The van der Waals surface area contributed by atoms with E-state index in [0.29, 0.717) is 18.8 Å². The van der Waals surface area contributed by atoms with E-state index in [-0.39, 0.29) is 10.8 Å². The number of carbonyl (C=O) groups is 1. The number of carboxylic acid groups (broad SMARTS) is 1. The molecule has 1 saturated heterocycles. The molecule has 0 aromatic heterocycles. The third-order valence-electron chi connectivity index (χ3n) is 3.01. The van der Waals surface area contributed by atoms with Crippen molar-refractivity contribution < 1.29 is 23.1 Å². The van der Waals surface area contributed by atoms with Gasteiger partial charge in [0.1, 0.15) is 5.75 Å². The highest BCUT2D eigenvalue weighted by Gasteiger charge is 2.29. The van der Waals surface area contributed by atoms with Crippen molar-refractivity contribution >= 4 is 22.3 Å². The first-order valence-corrected chi connectivity index (χ1v) is 7.57. The Balaban J connectivity index is 1.91. The maximum Gasteiger partial charge on any atom is 0.407 e. The van der Waals surface area contributed by atoms with Gasteiger partial charge in [0.2, 0.25) is 0 Å². The summed E-state index contributed by atoms with van der Waals surface area (Å²) in [5, 5.41) is 12.3. The predicted molar refractivity (Wildman–Crippen MR) is 74.9 cm³/mol. The van der Waals surface area contributed by atoms with Gasteiger partial charge in [0.15, 0.2) is 0 Å². The molecule has 0 bridgehead atoms. The van der Waals surface area contributed by atoms with E-state index in [1.807, 2.05) is 0 Å². The topological polar surface area (TPSA) is 108 Å². The fourth-order valence-corrected chi connectivity index (χ4v) is 2.58. The minimum atomic E-state index is -3.73. The van der Waals surface area contributed by atoms with Gasteiger partial charge in [-0.3, -0.25) is 0 Å². The normalized spacial score (nSPS) is 15.8. The molecule has 0 radical (unpaired) electrons. The van der Waals surface area contributed by atoms with Gasteiger partial charge in [0.25, 0.3) is 10.0 Å². The monoisotopic (exact) mass is 313 g/mol. The number of likely N-dealkylation sites (tertiary alicyclic amines) is 1. The molecular weight excluding hydrogens is 298 g/mol. The molecule has 114 valence electrons. The summed E-state index contributed by atoms with van der Waals surface area (Å²) in [6, 6.07) is 5.89. The second-order valence-corrected chi connectivity index (χ2v) is 6.16. The first kappa shape index (κ1) is 15.1. The van der Waals surface area contributed by atoms with Gasteiger partial charge >= 0.3 is 6.09 Å². The molecule has 8 nitrogen and oxygen atoms in total. The minimum absolute atomic E-state index is 0.0698. The maximum atomic E-state index is 11.9. The molecule has 1 aliphatic rings. The number of hydrogen-bond acceptors (Lipinski definition) is 5. The Morgan fingerprint density at radius 3 is 2.57 bits per heavy atom. The zero-order chi connectivity index (χ0) is 15.5. The van der Waals surface area contributed by atoms with Crippen molar-refractivity contribution in [2.24, 2.45) is 11.0 Å². The lowest BCUT2D eigenvalue weighted by Gasteiger charge is -2.34. The number of hydrazone groups is 1. The summed E-state index contributed by atoms with van der Waals surface area (Å²) >= 11 is 0. The van der Waals surface area contributed by atoms with Crippen LogP contribution in [0.1, 0.15) is 0 Å². The first-order chi connectivity index (χ1) is 9.92. The van der Waals surface area contributed by atoms with Crippen LogP contribution in [0.5, 0.6) is 5.75 Å². The lowest BCUT2D eigenvalue weighted by Crippen LogP contribution is -2.50. The Labute approximate surface area is 122 Å². The van der Waals surface area contributed by atoms with Crippen molar-refractivity contribution in [1.82, 2.24) is 9.73 Å². The molecule has 1 aliphatic heterocycles. The highest BCUT2D eigenvalue weighted by molar-refractivity contribution is 7.89. The van der Waals surface area contributed by atoms with Gasteiger partial charge in [-0.25, -0.2) is 9.63 Å². The van der Waals surface area contributed by atoms with Crippen molar-refractivity contribution in [3.8, 4) is 5.75 Å². The van der Waals surface area contributed by atoms with Crippen LogP contribution < -0.4 is 9.57 Å². The Hall–Kier alpha value is -2.29. The van der Waals surface area contributed by atoms with Crippen molar-refractivity contribution in [3.05, 3.63) is 24.3 Å². The van der Waals surface area contributed by atoms with Crippen LogP contribution in [-0.4, -0.2) is 50.9 Å². The van der Waals surface area contributed by atoms with E-state index in [4.69, 9.17) is 9.84 Å². The van der Waals surface area contributed by atoms with Crippen LogP contribution in [0.25, 0.3) is 0 Å². The molecule has 0 atom stereocenters. The molecule has 2 N–H and O–H groups in total. The standard InChI is InChI=1S/C12H15N3O5S/c1-20-10-2-4-11(5-3-10)21(18,19)14-13-6-9-7-15(8-9)12(16)17/h2-6,9,14H,7-8H2,1H3,(H,16,17)/b13-6+. The van der Waals surface area contributed by atoms with Crippen LogP contribution in [-0.2, 0) is 10.0 Å². The average Bonchev–Trinajstić information content (AvgIpc) is 2.40. The molecule has 1 aromatic rings. The van der Waals surface area contributed by atoms with Crippen molar-refractivity contribution in [2.45, 2.75) is 4.90 Å². The van der Waals surface area contributed by atoms with Gasteiger partial charge in [-0.1, -0.05) is 0 Å². The molecule has 0 unspecified atom stereocenters. The molecular formula is C12H15N3O5S. The molecule has 1 fully saturated rings. The summed E-state index contributed by atoms with van der Waals surface area (Å²) in [5.41, 5.74) is 0. The van der Waals surface area contributed by atoms with E-state index in [9.17, 15) is 13.2 Å². The Morgan fingerprint density at radius 2 is 2.05 bits per heavy atom. The molecule has 21 heavy (non-hydrogen) atoms. The fourth-order valence-electron chi connectivity index (χ4n) is 1.78. The lowest BCUT2D eigenvalue weighted by atomic mass is 10.0. The van der Waals surface area contributed by atoms with E-state index in [1.165, 1.54) is 42.5 Å². The smallest absolute Gasteiger partial charge is 0.407 e. The molecule has 9 heteroatoms. The number of methoxy groups -OCH3 is 1. The minimum Gasteiger partial charge on any atom is -0.497 e. The van der Waals surface area contributed by atoms with Crippen LogP contribution in [0.15, 0.2) is 34.3 Å². The average molecular weight is 313 g/mol. The number of nitrogens with one attached hydrogen (secondary N) is 1. The summed E-state index contributed by atoms with van der Waals surface area (Å²) in [4.78, 5) is 13.9. The molecule has 1 amide bonds. The Morgan fingerprint density at radius 1 is 1.43 bits per heavy atom. The van der Waals surface area contributed by atoms with Crippen molar-refractivity contribution in [1.29, 1.82) is 0 Å². The van der Waals surface area contributed by atoms with Gasteiger partial charge in [-0.15, -0.1) is 0 Å². The number of amides is 1. The highest BCUT2D eigenvalue weighted by Crippen LogP contribution is 2.16. The van der Waals surface area contributed by atoms with E-state index in [1.54, 1.807) is 0 Å². The summed E-state index contributed by atoms with van der Waals surface area (Å²) in [6.07, 6.45) is 0.416. The predicted octanol–water partition coefficient (Wildman–Crippen LogP) is 0.569. The number of sulfonamides is 1. The van der Waals surface area contributed by atoms with Crippen LogP contribution in [0.2, 0.25) is 0 Å². The molecule has 1 heterocycles. The second-order valence-electron chi connectivity index (χ2n) is 4.50. The fraction of sp³-hybridized carbons (Fsp3) is 0.333. The Kier molecular flexibility index (Phi) is 4.32. The zero-order valence-corrected chi connectivity index (χ0v) is 12.1. The van der Waals surface area contributed by atoms with E-state index < -0.39 is 16.1 Å². The van der Waals surface area contributed by atoms with Gasteiger partial charge in [0, 0.05) is 25.2 Å². The second kappa shape index (κ2) is 6.00. The highest BCUT2D eigenvalue weighted by atomic mass is 32.2.